The van der Waals surface area contributed by atoms with Crippen molar-refractivity contribution >= 4 is 17.5 Å². The lowest BCUT2D eigenvalue weighted by Crippen LogP contribution is -2.43. The number of carbonyl (C=O) groups excluding carboxylic acids is 2. The average molecular weight is 277 g/mol. The summed E-state index contributed by atoms with van der Waals surface area (Å²) in [7, 11) is 1.75. The van der Waals surface area contributed by atoms with Gasteiger partial charge in [-0.3, -0.25) is 14.5 Å². The summed E-state index contributed by atoms with van der Waals surface area (Å²) in [5.41, 5.74) is 0.853. The number of anilines is 1. The number of nitrogens with one attached hydrogen (secondary N) is 1. The normalized spacial score (nSPS) is 10.4. The van der Waals surface area contributed by atoms with Gasteiger partial charge in [-0.2, -0.15) is 0 Å². The summed E-state index contributed by atoms with van der Waals surface area (Å²) in [6.45, 7) is 5.56. The SMILES string of the molecule is CCNC(=O)CN(CC)CC(=O)N(C)c1ccccc1. The Labute approximate surface area is 120 Å². The zero-order valence-corrected chi connectivity index (χ0v) is 12.4. The molecule has 0 saturated carbocycles. The van der Waals surface area contributed by atoms with Gasteiger partial charge in [-0.1, -0.05) is 25.1 Å². The van der Waals surface area contributed by atoms with Gasteiger partial charge in [-0.05, 0) is 25.6 Å². The van der Waals surface area contributed by atoms with Crippen LogP contribution in [0, 0.1) is 0 Å². The molecular formula is C15H23N3O2. The first-order valence-corrected chi connectivity index (χ1v) is 6.89. The first-order valence-electron chi connectivity index (χ1n) is 6.89. The van der Waals surface area contributed by atoms with Crippen molar-refractivity contribution < 1.29 is 9.59 Å². The van der Waals surface area contributed by atoms with Crippen LogP contribution in [0.15, 0.2) is 30.3 Å². The maximum atomic E-state index is 12.2. The molecule has 0 saturated heterocycles. The Hall–Kier alpha value is -1.88. The van der Waals surface area contributed by atoms with Crippen LogP contribution >= 0.6 is 0 Å². The highest BCUT2D eigenvalue weighted by molar-refractivity contribution is 5.94. The molecule has 5 heteroatoms. The van der Waals surface area contributed by atoms with E-state index >= 15 is 0 Å². The summed E-state index contributed by atoms with van der Waals surface area (Å²) in [6.07, 6.45) is 0. The molecular weight excluding hydrogens is 254 g/mol. The molecule has 1 aromatic carbocycles. The zero-order chi connectivity index (χ0) is 15.0. The second-order valence-corrected chi connectivity index (χ2v) is 4.55. The number of nitrogens with zero attached hydrogens (tertiary/aromatic N) is 2. The zero-order valence-electron chi connectivity index (χ0n) is 12.4. The van der Waals surface area contributed by atoms with E-state index in [2.05, 4.69) is 5.32 Å². The lowest BCUT2D eigenvalue weighted by molar-refractivity contribution is -0.123. The summed E-state index contributed by atoms with van der Waals surface area (Å²) < 4.78 is 0. The highest BCUT2D eigenvalue weighted by Gasteiger charge is 2.16. The molecule has 0 aliphatic carbocycles. The van der Waals surface area contributed by atoms with E-state index in [0.29, 0.717) is 13.1 Å². The fourth-order valence-electron chi connectivity index (χ4n) is 1.83. The van der Waals surface area contributed by atoms with Crippen molar-refractivity contribution in [3.63, 3.8) is 0 Å². The molecule has 0 fully saturated rings. The van der Waals surface area contributed by atoms with Gasteiger partial charge in [0.25, 0.3) is 0 Å². The molecule has 0 spiro atoms. The van der Waals surface area contributed by atoms with Crippen LogP contribution in [0.2, 0.25) is 0 Å². The molecule has 0 atom stereocenters. The first-order chi connectivity index (χ1) is 9.58. The monoisotopic (exact) mass is 277 g/mol. The minimum Gasteiger partial charge on any atom is -0.355 e. The van der Waals surface area contributed by atoms with Gasteiger partial charge >= 0.3 is 0 Å². The third-order valence-electron chi connectivity index (χ3n) is 3.06. The molecule has 0 radical (unpaired) electrons. The quantitative estimate of drug-likeness (QED) is 0.812. The Bertz CT molecular complexity index is 434. The molecule has 1 aromatic rings. The topological polar surface area (TPSA) is 52.7 Å². The van der Waals surface area contributed by atoms with Gasteiger partial charge in [0.1, 0.15) is 0 Å². The van der Waals surface area contributed by atoms with Gasteiger partial charge in [-0.25, -0.2) is 0 Å². The summed E-state index contributed by atoms with van der Waals surface area (Å²) in [5, 5.41) is 2.74. The Morgan fingerprint density at radius 3 is 2.30 bits per heavy atom. The number of para-hydroxylation sites is 1. The maximum Gasteiger partial charge on any atom is 0.240 e. The molecule has 0 aromatic heterocycles. The van der Waals surface area contributed by atoms with E-state index in [1.54, 1.807) is 11.9 Å². The third-order valence-corrected chi connectivity index (χ3v) is 3.06. The molecule has 5 nitrogen and oxygen atoms in total. The predicted octanol–water partition coefficient (Wildman–Crippen LogP) is 1.11. The Balaban J connectivity index is 2.56. The Morgan fingerprint density at radius 2 is 1.75 bits per heavy atom. The van der Waals surface area contributed by atoms with Crippen molar-refractivity contribution in [3.05, 3.63) is 30.3 Å². The van der Waals surface area contributed by atoms with Crippen LogP contribution in [0.3, 0.4) is 0 Å². The van der Waals surface area contributed by atoms with Gasteiger partial charge in [0, 0.05) is 19.3 Å². The molecule has 0 aliphatic rings. The van der Waals surface area contributed by atoms with Crippen molar-refractivity contribution in [3.8, 4) is 0 Å². The van der Waals surface area contributed by atoms with Crippen molar-refractivity contribution in [2.24, 2.45) is 0 Å². The number of likely N-dealkylation sites (N-methyl/N-ethyl adjacent to an activating group) is 3. The smallest absolute Gasteiger partial charge is 0.240 e. The van der Waals surface area contributed by atoms with E-state index in [4.69, 9.17) is 0 Å². The first kappa shape index (κ1) is 16.2. The average Bonchev–Trinajstić information content (AvgIpc) is 2.46. The third kappa shape index (κ3) is 5.01. The van der Waals surface area contributed by atoms with E-state index in [1.165, 1.54) is 0 Å². The van der Waals surface area contributed by atoms with E-state index in [1.807, 2.05) is 49.1 Å². The van der Waals surface area contributed by atoms with Gasteiger partial charge in [0.2, 0.25) is 11.8 Å². The molecule has 2 amide bonds. The largest absolute Gasteiger partial charge is 0.355 e. The molecule has 1 N–H and O–H groups in total. The van der Waals surface area contributed by atoms with E-state index in [0.717, 1.165) is 5.69 Å². The number of benzene rings is 1. The highest BCUT2D eigenvalue weighted by atomic mass is 16.2. The summed E-state index contributed by atoms with van der Waals surface area (Å²) in [4.78, 5) is 27.2. The van der Waals surface area contributed by atoms with E-state index in [9.17, 15) is 9.59 Å². The van der Waals surface area contributed by atoms with Crippen molar-refractivity contribution in [1.29, 1.82) is 0 Å². The Kier molecular flexibility index (Phi) is 6.73. The van der Waals surface area contributed by atoms with Gasteiger partial charge in [-0.15, -0.1) is 0 Å². The van der Waals surface area contributed by atoms with Gasteiger partial charge in [0.05, 0.1) is 13.1 Å². The second-order valence-electron chi connectivity index (χ2n) is 4.55. The van der Waals surface area contributed by atoms with Crippen LogP contribution in [0.5, 0.6) is 0 Å². The second kappa shape index (κ2) is 8.32. The number of amides is 2. The Morgan fingerprint density at radius 1 is 1.10 bits per heavy atom. The molecule has 0 heterocycles. The summed E-state index contributed by atoms with van der Waals surface area (Å²) in [6, 6.07) is 9.47. The molecule has 20 heavy (non-hydrogen) atoms. The van der Waals surface area contributed by atoms with Crippen molar-refractivity contribution in [2.45, 2.75) is 13.8 Å². The summed E-state index contributed by atoms with van der Waals surface area (Å²) >= 11 is 0. The van der Waals surface area contributed by atoms with E-state index in [-0.39, 0.29) is 24.9 Å². The van der Waals surface area contributed by atoms with Crippen LogP contribution in [-0.2, 0) is 9.59 Å². The number of carbonyl (C=O) groups is 2. The van der Waals surface area contributed by atoms with Crippen LogP contribution in [0.25, 0.3) is 0 Å². The standard InChI is InChI=1S/C15H23N3O2/c1-4-16-14(19)11-18(5-2)12-15(20)17(3)13-9-7-6-8-10-13/h6-10H,4-5,11-12H2,1-3H3,(H,16,19). The minimum atomic E-state index is -0.0514. The van der Waals surface area contributed by atoms with E-state index < -0.39 is 0 Å². The lowest BCUT2D eigenvalue weighted by Gasteiger charge is -2.23. The summed E-state index contributed by atoms with van der Waals surface area (Å²) in [5.74, 6) is -0.0770. The molecule has 1 rings (SSSR count). The lowest BCUT2D eigenvalue weighted by atomic mass is 10.3. The van der Waals surface area contributed by atoms with Crippen molar-refractivity contribution in [1.82, 2.24) is 10.2 Å². The number of hydrogen-bond acceptors (Lipinski definition) is 3. The molecule has 0 bridgehead atoms. The predicted molar refractivity (Wildman–Crippen MR) is 80.6 cm³/mol. The van der Waals surface area contributed by atoms with Crippen molar-refractivity contribution in [2.75, 3.05) is 38.1 Å². The molecule has 0 aliphatic heterocycles. The highest BCUT2D eigenvalue weighted by Crippen LogP contribution is 2.11. The van der Waals surface area contributed by atoms with Crippen LogP contribution < -0.4 is 10.2 Å². The van der Waals surface area contributed by atoms with Crippen LogP contribution in [0.4, 0.5) is 5.69 Å². The number of hydrogen-bond donors (Lipinski definition) is 1. The van der Waals surface area contributed by atoms with Crippen LogP contribution in [0.1, 0.15) is 13.8 Å². The maximum absolute atomic E-state index is 12.2. The van der Waals surface area contributed by atoms with Gasteiger partial charge < -0.3 is 10.2 Å². The van der Waals surface area contributed by atoms with Crippen LogP contribution in [-0.4, -0.2) is 49.9 Å². The fourth-order valence-corrected chi connectivity index (χ4v) is 1.83. The molecule has 110 valence electrons. The van der Waals surface area contributed by atoms with Gasteiger partial charge in [0.15, 0.2) is 0 Å². The number of rotatable bonds is 7. The minimum absolute atomic E-state index is 0.0256. The molecule has 0 unspecified atom stereocenters. The fraction of sp³-hybridized carbons (Fsp3) is 0.467.